The molecule has 0 amide bonds. The zero-order valence-electron chi connectivity index (χ0n) is 10.0. The normalized spacial score (nSPS) is 34.3. The molecule has 0 N–H and O–H groups in total. The highest BCUT2D eigenvalue weighted by atomic mass is 32.2. The molecule has 3 rings (SSSR count). The van der Waals surface area contributed by atoms with Gasteiger partial charge in [0, 0.05) is 22.7 Å². The van der Waals surface area contributed by atoms with Gasteiger partial charge in [-0.05, 0) is 31.9 Å². The van der Waals surface area contributed by atoms with E-state index in [0.29, 0.717) is 21.1 Å². The molecule has 1 aromatic carbocycles. The van der Waals surface area contributed by atoms with Gasteiger partial charge in [0.15, 0.2) is 0 Å². The zero-order valence-corrected chi connectivity index (χ0v) is 11.8. The number of rotatable bonds is 3. The van der Waals surface area contributed by atoms with E-state index in [1.54, 1.807) is 0 Å². The average molecular weight is 267 g/mol. The van der Waals surface area contributed by atoms with Crippen LogP contribution in [0, 0.1) is 0 Å². The van der Waals surface area contributed by atoms with Gasteiger partial charge in [-0.15, -0.1) is 11.8 Å². The fourth-order valence-electron chi connectivity index (χ4n) is 2.59. The second-order valence-electron chi connectivity index (χ2n) is 4.77. The zero-order chi connectivity index (χ0) is 11.7. The van der Waals surface area contributed by atoms with E-state index in [1.165, 1.54) is 17.7 Å². The van der Waals surface area contributed by atoms with Crippen molar-refractivity contribution in [3.8, 4) is 0 Å². The third-order valence-corrected chi connectivity index (χ3v) is 6.10. The van der Waals surface area contributed by atoms with Crippen LogP contribution in [0.1, 0.15) is 19.8 Å². The Morgan fingerprint density at radius 2 is 2.18 bits per heavy atom. The summed E-state index contributed by atoms with van der Waals surface area (Å²) in [5, 5.41) is 0. The minimum atomic E-state index is 0.434. The average Bonchev–Trinajstić information content (AvgIpc) is 2.92. The molecule has 4 atom stereocenters. The number of thioether (sulfide) groups is 1. The lowest BCUT2D eigenvalue weighted by Crippen LogP contribution is -2.31. The summed E-state index contributed by atoms with van der Waals surface area (Å²) in [6.45, 7) is 2.32. The van der Waals surface area contributed by atoms with E-state index >= 15 is 0 Å². The minimum absolute atomic E-state index is 0.434. The van der Waals surface area contributed by atoms with Crippen LogP contribution in [0.2, 0.25) is 0 Å². The lowest BCUT2D eigenvalue weighted by atomic mass is 10.1. The van der Waals surface area contributed by atoms with Crippen molar-refractivity contribution in [3.05, 3.63) is 30.3 Å². The van der Waals surface area contributed by atoms with Gasteiger partial charge in [0.05, 0.1) is 15.1 Å². The smallest absolute Gasteiger partial charge is 0.0900 e. The van der Waals surface area contributed by atoms with Crippen molar-refractivity contribution in [2.45, 2.75) is 42.8 Å². The predicted octanol–water partition coefficient (Wildman–Crippen LogP) is 3.54. The van der Waals surface area contributed by atoms with Crippen LogP contribution in [0.3, 0.4) is 0 Å². The summed E-state index contributed by atoms with van der Waals surface area (Å²) < 4.78 is 8.50. The molecule has 4 unspecified atom stereocenters. The largest absolute Gasteiger partial charge is 0.341 e. The van der Waals surface area contributed by atoms with Gasteiger partial charge in [0.2, 0.25) is 0 Å². The van der Waals surface area contributed by atoms with Crippen molar-refractivity contribution < 1.29 is 4.52 Å². The van der Waals surface area contributed by atoms with Crippen LogP contribution >= 0.6 is 20.7 Å². The van der Waals surface area contributed by atoms with Crippen molar-refractivity contribution in [2.24, 2.45) is 0 Å². The first-order valence-electron chi connectivity index (χ1n) is 6.22. The Hall–Kier alpha value is -0.0800. The van der Waals surface area contributed by atoms with E-state index in [1.807, 2.05) is 11.8 Å². The molecule has 17 heavy (non-hydrogen) atoms. The number of hydrogen-bond acceptors (Lipinski definition) is 3. The SMILES string of the molecule is CC1CCC2C(CSc3ccccc3)OPN12. The maximum atomic E-state index is 5.94. The van der Waals surface area contributed by atoms with E-state index in [0.717, 1.165) is 11.8 Å². The Kier molecular flexibility index (Phi) is 3.72. The summed E-state index contributed by atoms with van der Waals surface area (Å²) in [5.74, 6) is 1.09. The lowest BCUT2D eigenvalue weighted by molar-refractivity contribution is 0.234. The Labute approximate surface area is 109 Å². The van der Waals surface area contributed by atoms with Crippen molar-refractivity contribution >= 4 is 20.7 Å². The van der Waals surface area contributed by atoms with Gasteiger partial charge in [0.1, 0.15) is 0 Å². The molecule has 92 valence electrons. The molecule has 1 aromatic rings. The molecule has 0 bridgehead atoms. The van der Waals surface area contributed by atoms with Gasteiger partial charge in [-0.25, -0.2) is 0 Å². The van der Waals surface area contributed by atoms with Crippen LogP contribution in [-0.4, -0.2) is 28.6 Å². The lowest BCUT2D eigenvalue weighted by Gasteiger charge is -2.19. The van der Waals surface area contributed by atoms with Crippen LogP contribution < -0.4 is 0 Å². The first-order valence-corrected chi connectivity index (χ1v) is 8.06. The third kappa shape index (κ3) is 2.53. The molecule has 0 radical (unpaired) electrons. The van der Waals surface area contributed by atoms with Crippen LogP contribution in [0.25, 0.3) is 0 Å². The van der Waals surface area contributed by atoms with Gasteiger partial charge >= 0.3 is 0 Å². The molecular formula is C13H18NOPS. The molecule has 2 heterocycles. The molecular weight excluding hydrogens is 249 g/mol. The Morgan fingerprint density at radius 1 is 1.35 bits per heavy atom. The van der Waals surface area contributed by atoms with Crippen LogP contribution in [-0.2, 0) is 4.52 Å². The summed E-state index contributed by atoms with van der Waals surface area (Å²) in [4.78, 5) is 1.35. The van der Waals surface area contributed by atoms with Gasteiger partial charge in [0.25, 0.3) is 0 Å². The van der Waals surface area contributed by atoms with E-state index in [2.05, 4.69) is 41.9 Å². The molecule has 0 aromatic heterocycles. The maximum absolute atomic E-state index is 5.94. The highest BCUT2D eigenvalue weighted by Crippen LogP contribution is 2.46. The fourth-order valence-corrected chi connectivity index (χ4v) is 4.94. The predicted molar refractivity (Wildman–Crippen MR) is 74.7 cm³/mol. The standard InChI is InChI=1S/C13H18NOPS/c1-10-7-8-12-13(15-16-14(10)12)9-17-11-5-3-2-4-6-11/h2-6,10,12-13,16H,7-9H2,1H3. The summed E-state index contributed by atoms with van der Waals surface area (Å²) in [6, 6.07) is 12.0. The highest BCUT2D eigenvalue weighted by molar-refractivity contribution is 7.99. The molecule has 2 fully saturated rings. The molecule has 2 aliphatic rings. The maximum Gasteiger partial charge on any atom is 0.0900 e. The van der Waals surface area contributed by atoms with Gasteiger partial charge in [-0.2, -0.15) is 0 Å². The van der Waals surface area contributed by atoms with Crippen molar-refractivity contribution in [2.75, 3.05) is 5.75 Å². The molecule has 2 nitrogen and oxygen atoms in total. The quantitative estimate of drug-likeness (QED) is 0.614. The fraction of sp³-hybridized carbons (Fsp3) is 0.538. The minimum Gasteiger partial charge on any atom is -0.341 e. The number of fused-ring (bicyclic) bond motifs is 1. The van der Waals surface area contributed by atoms with Gasteiger partial charge in [-0.3, -0.25) is 4.67 Å². The first-order chi connectivity index (χ1) is 8.34. The summed E-state index contributed by atoms with van der Waals surface area (Å²) in [6.07, 6.45) is 3.09. The number of nitrogens with zero attached hydrogens (tertiary/aromatic N) is 1. The van der Waals surface area contributed by atoms with Crippen molar-refractivity contribution in [1.82, 2.24) is 4.67 Å². The number of hydrogen-bond donors (Lipinski definition) is 0. The second kappa shape index (κ2) is 5.27. The molecule has 2 aliphatic heterocycles. The van der Waals surface area contributed by atoms with Crippen molar-refractivity contribution in [1.29, 1.82) is 0 Å². The van der Waals surface area contributed by atoms with Crippen LogP contribution in [0.15, 0.2) is 35.2 Å². The monoisotopic (exact) mass is 267 g/mol. The number of benzene rings is 1. The van der Waals surface area contributed by atoms with E-state index < -0.39 is 0 Å². The van der Waals surface area contributed by atoms with E-state index in [4.69, 9.17) is 4.52 Å². The van der Waals surface area contributed by atoms with Crippen LogP contribution in [0.5, 0.6) is 0 Å². The molecule has 2 saturated heterocycles. The Bertz CT molecular complexity index is 375. The molecule has 0 aliphatic carbocycles. The molecule has 0 saturated carbocycles. The summed E-state index contributed by atoms with van der Waals surface area (Å²) in [7, 11) is 0.591. The van der Waals surface area contributed by atoms with E-state index in [9.17, 15) is 0 Å². The Morgan fingerprint density at radius 3 is 3.00 bits per heavy atom. The molecule has 0 spiro atoms. The first kappa shape index (κ1) is 12.0. The second-order valence-corrected chi connectivity index (χ2v) is 6.80. The summed E-state index contributed by atoms with van der Waals surface area (Å²) >= 11 is 1.92. The third-order valence-electron chi connectivity index (χ3n) is 3.61. The summed E-state index contributed by atoms with van der Waals surface area (Å²) in [5.41, 5.74) is 0. The van der Waals surface area contributed by atoms with Crippen LogP contribution in [0.4, 0.5) is 0 Å². The van der Waals surface area contributed by atoms with Gasteiger partial charge < -0.3 is 4.52 Å². The molecule has 4 heteroatoms. The Balaban J connectivity index is 1.57. The van der Waals surface area contributed by atoms with E-state index in [-0.39, 0.29) is 0 Å². The van der Waals surface area contributed by atoms with Gasteiger partial charge in [-0.1, -0.05) is 18.2 Å². The van der Waals surface area contributed by atoms with Crippen molar-refractivity contribution in [3.63, 3.8) is 0 Å². The highest BCUT2D eigenvalue weighted by Gasteiger charge is 2.42. The topological polar surface area (TPSA) is 12.5 Å².